The molecule has 0 saturated heterocycles. The second kappa shape index (κ2) is 6.09. The Morgan fingerprint density at radius 1 is 1.32 bits per heavy atom. The van der Waals surface area contributed by atoms with Crippen molar-refractivity contribution in [2.24, 2.45) is 11.8 Å². The van der Waals surface area contributed by atoms with Crippen LogP contribution in [-0.2, 0) is 4.79 Å². The Bertz CT molecular complexity index is 318. The van der Waals surface area contributed by atoms with Gasteiger partial charge in [0.2, 0.25) is 5.91 Å². The van der Waals surface area contributed by atoms with Gasteiger partial charge in [-0.05, 0) is 19.8 Å². The predicted molar refractivity (Wildman–Crippen MR) is 62.2 cm³/mol. The topological polar surface area (TPSA) is 69.6 Å². The normalized spacial score (nSPS) is 27.7. The number of aliphatic hydroxyl groups is 2. The Labute approximate surface area is 110 Å². The molecule has 0 aromatic rings. The van der Waals surface area contributed by atoms with Crippen LogP contribution in [0.2, 0.25) is 0 Å². The van der Waals surface area contributed by atoms with E-state index in [1.165, 1.54) is 6.92 Å². The largest absolute Gasteiger partial charge is 0.393 e. The molecule has 0 aromatic heterocycles. The lowest BCUT2D eigenvalue weighted by Gasteiger charge is -2.32. The van der Waals surface area contributed by atoms with Crippen molar-refractivity contribution in [3.05, 3.63) is 0 Å². The third-order valence-electron chi connectivity index (χ3n) is 3.51. The number of hydrogen-bond donors (Lipinski definition) is 3. The summed E-state index contributed by atoms with van der Waals surface area (Å²) in [7, 11) is 0. The molecular formula is C12H20F3NO3. The standard InChI is InChI=1S/C12H20F3NO3/c1-11(19,7-17)6-16-10(18)8-4-2-3-5-9(8)12(13,14)15/h8-9,17,19H,2-7H2,1H3,(H,16,18). The molecule has 3 atom stereocenters. The number of hydrogen-bond acceptors (Lipinski definition) is 3. The number of amides is 1. The molecule has 0 aromatic carbocycles. The van der Waals surface area contributed by atoms with Gasteiger partial charge in [-0.1, -0.05) is 12.8 Å². The summed E-state index contributed by atoms with van der Waals surface area (Å²) in [5.41, 5.74) is -1.52. The third kappa shape index (κ3) is 4.65. The lowest BCUT2D eigenvalue weighted by Crippen LogP contribution is -2.48. The van der Waals surface area contributed by atoms with Crippen LogP contribution in [0.5, 0.6) is 0 Å². The fraction of sp³-hybridized carbons (Fsp3) is 0.917. The lowest BCUT2D eigenvalue weighted by atomic mass is 9.78. The highest BCUT2D eigenvalue weighted by Crippen LogP contribution is 2.41. The van der Waals surface area contributed by atoms with Crippen molar-refractivity contribution in [1.29, 1.82) is 0 Å². The molecule has 0 bridgehead atoms. The molecule has 3 unspecified atom stereocenters. The van der Waals surface area contributed by atoms with Crippen LogP contribution in [0.1, 0.15) is 32.6 Å². The molecule has 0 radical (unpaired) electrons. The lowest BCUT2D eigenvalue weighted by molar-refractivity contribution is -0.198. The average Bonchev–Trinajstić information content (AvgIpc) is 2.35. The Balaban J connectivity index is 2.63. The highest BCUT2D eigenvalue weighted by Gasteiger charge is 2.48. The zero-order valence-corrected chi connectivity index (χ0v) is 10.8. The molecule has 19 heavy (non-hydrogen) atoms. The number of alkyl halides is 3. The van der Waals surface area contributed by atoms with Gasteiger partial charge >= 0.3 is 6.18 Å². The second-order valence-corrected chi connectivity index (χ2v) is 5.41. The summed E-state index contributed by atoms with van der Waals surface area (Å²) >= 11 is 0. The van der Waals surface area contributed by atoms with Crippen LogP contribution in [0.15, 0.2) is 0 Å². The summed E-state index contributed by atoms with van der Waals surface area (Å²) in [4.78, 5) is 11.8. The first kappa shape index (κ1) is 16.2. The molecule has 3 N–H and O–H groups in total. The van der Waals surface area contributed by atoms with Gasteiger partial charge in [0.1, 0.15) is 5.60 Å². The highest BCUT2D eigenvalue weighted by atomic mass is 19.4. The number of nitrogens with one attached hydrogen (secondary N) is 1. The van der Waals surface area contributed by atoms with Gasteiger partial charge in [0.15, 0.2) is 0 Å². The summed E-state index contributed by atoms with van der Waals surface area (Å²) in [6, 6.07) is 0. The number of carbonyl (C=O) groups is 1. The molecule has 1 saturated carbocycles. The van der Waals surface area contributed by atoms with Crippen LogP contribution < -0.4 is 5.32 Å². The van der Waals surface area contributed by atoms with Gasteiger partial charge in [0.25, 0.3) is 0 Å². The minimum absolute atomic E-state index is 0.0298. The Morgan fingerprint density at radius 3 is 2.42 bits per heavy atom. The van der Waals surface area contributed by atoms with Gasteiger partial charge in [-0.25, -0.2) is 0 Å². The molecule has 4 nitrogen and oxygen atoms in total. The van der Waals surface area contributed by atoms with E-state index in [0.717, 1.165) is 0 Å². The van der Waals surface area contributed by atoms with Gasteiger partial charge in [-0.3, -0.25) is 4.79 Å². The number of halogens is 3. The van der Waals surface area contributed by atoms with Gasteiger partial charge in [0, 0.05) is 12.5 Å². The van der Waals surface area contributed by atoms with E-state index in [0.29, 0.717) is 12.8 Å². The van der Waals surface area contributed by atoms with E-state index in [4.69, 9.17) is 5.11 Å². The molecule has 1 aliphatic carbocycles. The van der Waals surface area contributed by atoms with Gasteiger partial charge in [0.05, 0.1) is 12.5 Å². The average molecular weight is 283 g/mol. The van der Waals surface area contributed by atoms with Gasteiger partial charge in [-0.2, -0.15) is 13.2 Å². The predicted octanol–water partition coefficient (Wildman–Crippen LogP) is 1.21. The molecule has 0 aliphatic heterocycles. The molecular weight excluding hydrogens is 263 g/mol. The van der Waals surface area contributed by atoms with Crippen molar-refractivity contribution in [1.82, 2.24) is 5.32 Å². The van der Waals surface area contributed by atoms with Crippen molar-refractivity contribution >= 4 is 5.91 Å². The van der Waals surface area contributed by atoms with E-state index in [1.807, 2.05) is 0 Å². The summed E-state index contributed by atoms with van der Waals surface area (Å²) in [5.74, 6) is -3.40. The number of rotatable bonds is 4. The fourth-order valence-electron chi connectivity index (χ4n) is 2.30. The quantitative estimate of drug-likeness (QED) is 0.726. The molecule has 112 valence electrons. The zero-order chi connectivity index (χ0) is 14.7. The van der Waals surface area contributed by atoms with Crippen molar-refractivity contribution in [3.8, 4) is 0 Å². The Hall–Kier alpha value is -0.820. The molecule has 1 amide bonds. The smallest absolute Gasteiger partial charge is 0.392 e. The summed E-state index contributed by atoms with van der Waals surface area (Å²) < 4.78 is 38.5. The molecule has 1 fully saturated rings. The van der Waals surface area contributed by atoms with Crippen LogP contribution in [0.25, 0.3) is 0 Å². The minimum Gasteiger partial charge on any atom is -0.393 e. The van der Waals surface area contributed by atoms with E-state index in [-0.39, 0.29) is 19.4 Å². The third-order valence-corrected chi connectivity index (χ3v) is 3.51. The van der Waals surface area contributed by atoms with Crippen LogP contribution >= 0.6 is 0 Å². The maximum absolute atomic E-state index is 12.8. The van der Waals surface area contributed by atoms with Gasteiger partial charge in [-0.15, -0.1) is 0 Å². The maximum Gasteiger partial charge on any atom is 0.392 e. The van der Waals surface area contributed by atoms with E-state index in [1.54, 1.807) is 0 Å². The first-order valence-corrected chi connectivity index (χ1v) is 6.35. The number of carbonyl (C=O) groups excluding carboxylic acids is 1. The summed E-state index contributed by atoms with van der Waals surface area (Å²) in [6.45, 7) is 0.472. The first-order valence-electron chi connectivity index (χ1n) is 6.35. The fourth-order valence-corrected chi connectivity index (χ4v) is 2.30. The SMILES string of the molecule is CC(O)(CO)CNC(=O)C1CCCCC1C(F)(F)F. The van der Waals surface area contributed by atoms with E-state index >= 15 is 0 Å². The zero-order valence-electron chi connectivity index (χ0n) is 10.8. The van der Waals surface area contributed by atoms with Crippen molar-refractivity contribution in [3.63, 3.8) is 0 Å². The maximum atomic E-state index is 12.8. The molecule has 1 rings (SSSR count). The molecule has 1 aliphatic rings. The molecule has 0 heterocycles. The van der Waals surface area contributed by atoms with Crippen LogP contribution in [0, 0.1) is 11.8 Å². The van der Waals surface area contributed by atoms with Crippen molar-refractivity contribution < 1.29 is 28.2 Å². The summed E-state index contributed by atoms with van der Waals surface area (Å²) in [5, 5.41) is 20.6. The Morgan fingerprint density at radius 2 is 1.89 bits per heavy atom. The Kier molecular flexibility index (Phi) is 5.20. The van der Waals surface area contributed by atoms with Crippen LogP contribution in [-0.4, -0.2) is 41.0 Å². The van der Waals surface area contributed by atoms with E-state index in [9.17, 15) is 23.1 Å². The first-order chi connectivity index (χ1) is 8.67. The van der Waals surface area contributed by atoms with Crippen LogP contribution in [0.4, 0.5) is 13.2 Å². The minimum atomic E-state index is -4.37. The van der Waals surface area contributed by atoms with Crippen LogP contribution in [0.3, 0.4) is 0 Å². The van der Waals surface area contributed by atoms with E-state index in [2.05, 4.69) is 5.32 Å². The molecule has 0 spiro atoms. The highest BCUT2D eigenvalue weighted by molar-refractivity contribution is 5.79. The van der Waals surface area contributed by atoms with E-state index < -0.39 is 36.1 Å². The monoisotopic (exact) mass is 283 g/mol. The van der Waals surface area contributed by atoms with Crippen molar-refractivity contribution in [2.45, 2.75) is 44.4 Å². The summed E-state index contributed by atoms with van der Waals surface area (Å²) in [6.07, 6.45) is -3.12. The number of aliphatic hydroxyl groups excluding tert-OH is 1. The molecule has 7 heteroatoms. The van der Waals surface area contributed by atoms with Gasteiger partial charge < -0.3 is 15.5 Å². The second-order valence-electron chi connectivity index (χ2n) is 5.41. The van der Waals surface area contributed by atoms with Crippen molar-refractivity contribution in [2.75, 3.05) is 13.2 Å².